The summed E-state index contributed by atoms with van der Waals surface area (Å²) in [6, 6.07) is 0.388. The minimum absolute atomic E-state index is 0.00161. The highest BCUT2D eigenvalue weighted by atomic mass is 32.1. The summed E-state index contributed by atoms with van der Waals surface area (Å²) in [7, 11) is 0. The van der Waals surface area contributed by atoms with Crippen molar-refractivity contribution in [2.24, 2.45) is 5.92 Å². The van der Waals surface area contributed by atoms with Crippen LogP contribution in [0.2, 0.25) is 0 Å². The van der Waals surface area contributed by atoms with Gasteiger partial charge in [-0.1, -0.05) is 40.0 Å². The van der Waals surface area contributed by atoms with Crippen molar-refractivity contribution >= 4 is 17.2 Å². The van der Waals surface area contributed by atoms with Crippen LogP contribution in [0.3, 0.4) is 0 Å². The lowest BCUT2D eigenvalue weighted by atomic mass is 9.96. The van der Waals surface area contributed by atoms with Crippen LogP contribution in [0.5, 0.6) is 0 Å². The van der Waals surface area contributed by atoms with Crippen LogP contribution in [0.25, 0.3) is 0 Å². The number of carbonyl (C=O) groups excluding carboxylic acids is 1. The molecule has 0 aliphatic carbocycles. The van der Waals surface area contributed by atoms with Crippen LogP contribution in [0.1, 0.15) is 76.5 Å². The largest absolute Gasteiger partial charge is 0.347 e. The molecule has 2 unspecified atom stereocenters. The average Bonchev–Trinajstić information content (AvgIpc) is 2.90. The lowest BCUT2D eigenvalue weighted by molar-refractivity contribution is -0.119. The molecule has 5 heteroatoms. The number of unbranched alkanes of at least 4 members (excludes halogenated alkanes) is 3. The van der Waals surface area contributed by atoms with Gasteiger partial charge in [-0.25, -0.2) is 4.98 Å². The van der Waals surface area contributed by atoms with E-state index in [-0.39, 0.29) is 11.9 Å². The molecule has 132 valence electrons. The first kappa shape index (κ1) is 20.1. The standard InChI is InChI=1S/C18H33N3OS/c1-6-7-8-9-10-19-16(13(2)3)11-17(21-15(5)22)18-20-14(4)12-23-18/h12-13,16-17,19H,6-11H2,1-5H3,(H,21,22). The monoisotopic (exact) mass is 339 g/mol. The third kappa shape index (κ3) is 7.93. The summed E-state index contributed by atoms with van der Waals surface area (Å²) < 4.78 is 0. The Morgan fingerprint density at radius 3 is 2.57 bits per heavy atom. The first-order chi connectivity index (χ1) is 10.9. The lowest BCUT2D eigenvalue weighted by Gasteiger charge is -2.27. The number of carbonyl (C=O) groups is 1. The molecule has 1 heterocycles. The Morgan fingerprint density at radius 2 is 2.04 bits per heavy atom. The number of hydrogen-bond donors (Lipinski definition) is 2. The minimum Gasteiger partial charge on any atom is -0.347 e. The molecule has 4 nitrogen and oxygen atoms in total. The number of thiazole rings is 1. The fraction of sp³-hybridized carbons (Fsp3) is 0.778. The molecular weight excluding hydrogens is 306 g/mol. The fourth-order valence-electron chi connectivity index (χ4n) is 2.68. The predicted molar refractivity (Wildman–Crippen MR) is 98.8 cm³/mol. The quantitative estimate of drug-likeness (QED) is 0.594. The number of hydrogen-bond acceptors (Lipinski definition) is 4. The summed E-state index contributed by atoms with van der Waals surface area (Å²) in [6.07, 6.45) is 5.97. The van der Waals surface area contributed by atoms with E-state index in [0.29, 0.717) is 12.0 Å². The molecule has 0 bridgehead atoms. The molecule has 0 radical (unpaired) electrons. The number of aromatic nitrogens is 1. The molecule has 2 atom stereocenters. The number of amides is 1. The maximum absolute atomic E-state index is 11.6. The van der Waals surface area contributed by atoms with Gasteiger partial charge in [0.2, 0.25) is 5.91 Å². The highest BCUT2D eigenvalue weighted by Gasteiger charge is 2.23. The van der Waals surface area contributed by atoms with Crippen LogP contribution in [-0.2, 0) is 4.79 Å². The molecule has 0 aromatic carbocycles. The van der Waals surface area contributed by atoms with Gasteiger partial charge in [0.1, 0.15) is 5.01 Å². The van der Waals surface area contributed by atoms with Gasteiger partial charge in [-0.15, -0.1) is 11.3 Å². The third-order valence-electron chi connectivity index (χ3n) is 4.04. The Labute approximate surface area is 145 Å². The Hall–Kier alpha value is -0.940. The van der Waals surface area contributed by atoms with E-state index >= 15 is 0 Å². The molecule has 1 aromatic heterocycles. The van der Waals surface area contributed by atoms with Crippen molar-refractivity contribution in [3.63, 3.8) is 0 Å². The first-order valence-corrected chi connectivity index (χ1v) is 9.74. The van der Waals surface area contributed by atoms with Crippen molar-refractivity contribution in [2.75, 3.05) is 6.54 Å². The molecule has 2 N–H and O–H groups in total. The zero-order chi connectivity index (χ0) is 17.2. The predicted octanol–water partition coefficient (Wildman–Crippen LogP) is 4.21. The van der Waals surface area contributed by atoms with Gasteiger partial charge in [0, 0.05) is 24.0 Å². The third-order valence-corrected chi connectivity index (χ3v) is 5.12. The highest BCUT2D eigenvalue weighted by Crippen LogP contribution is 2.24. The lowest BCUT2D eigenvalue weighted by Crippen LogP contribution is -2.39. The van der Waals surface area contributed by atoms with Gasteiger partial charge in [-0.3, -0.25) is 4.79 Å². The van der Waals surface area contributed by atoms with Gasteiger partial charge in [-0.05, 0) is 32.2 Å². The van der Waals surface area contributed by atoms with Crippen LogP contribution in [0.15, 0.2) is 5.38 Å². The molecule has 0 fully saturated rings. The van der Waals surface area contributed by atoms with Gasteiger partial charge in [0.25, 0.3) is 0 Å². The van der Waals surface area contributed by atoms with E-state index in [2.05, 4.69) is 36.4 Å². The second kappa shape index (κ2) is 10.8. The summed E-state index contributed by atoms with van der Waals surface area (Å²) in [5, 5.41) is 9.82. The van der Waals surface area contributed by atoms with Crippen LogP contribution in [0, 0.1) is 12.8 Å². The Morgan fingerprint density at radius 1 is 1.30 bits per heavy atom. The molecular formula is C18H33N3OS. The topological polar surface area (TPSA) is 54.0 Å². The minimum atomic E-state index is 0.00161. The highest BCUT2D eigenvalue weighted by molar-refractivity contribution is 7.09. The van der Waals surface area contributed by atoms with Crippen molar-refractivity contribution in [1.82, 2.24) is 15.6 Å². The molecule has 0 aliphatic rings. The van der Waals surface area contributed by atoms with Crippen LogP contribution >= 0.6 is 11.3 Å². The van der Waals surface area contributed by atoms with E-state index in [4.69, 9.17) is 0 Å². The smallest absolute Gasteiger partial charge is 0.217 e. The van der Waals surface area contributed by atoms with Crippen molar-refractivity contribution in [3.05, 3.63) is 16.1 Å². The van der Waals surface area contributed by atoms with Crippen LogP contribution in [0.4, 0.5) is 0 Å². The molecule has 0 saturated heterocycles. The number of aryl methyl sites for hydroxylation is 1. The fourth-order valence-corrected chi connectivity index (χ4v) is 3.54. The van der Waals surface area contributed by atoms with E-state index in [0.717, 1.165) is 23.7 Å². The summed E-state index contributed by atoms with van der Waals surface area (Å²) >= 11 is 1.63. The molecule has 1 rings (SSSR count). The molecule has 1 aromatic rings. The first-order valence-electron chi connectivity index (χ1n) is 8.86. The van der Waals surface area contributed by atoms with Crippen molar-refractivity contribution in [3.8, 4) is 0 Å². The molecule has 0 spiro atoms. The van der Waals surface area contributed by atoms with Crippen molar-refractivity contribution in [1.29, 1.82) is 0 Å². The Kier molecular flexibility index (Phi) is 9.41. The van der Waals surface area contributed by atoms with Crippen molar-refractivity contribution in [2.45, 2.75) is 78.8 Å². The van der Waals surface area contributed by atoms with E-state index in [1.807, 2.05) is 12.3 Å². The van der Waals surface area contributed by atoms with E-state index in [1.165, 1.54) is 25.7 Å². The van der Waals surface area contributed by atoms with Gasteiger partial charge in [-0.2, -0.15) is 0 Å². The van der Waals surface area contributed by atoms with Crippen molar-refractivity contribution < 1.29 is 4.79 Å². The number of nitrogens with one attached hydrogen (secondary N) is 2. The maximum atomic E-state index is 11.6. The average molecular weight is 340 g/mol. The molecule has 0 aliphatic heterocycles. The zero-order valence-electron chi connectivity index (χ0n) is 15.3. The maximum Gasteiger partial charge on any atom is 0.217 e. The molecule has 0 saturated carbocycles. The second-order valence-electron chi connectivity index (χ2n) is 6.68. The van der Waals surface area contributed by atoms with E-state index < -0.39 is 0 Å². The summed E-state index contributed by atoms with van der Waals surface area (Å²) in [5.41, 5.74) is 1.02. The van der Waals surface area contributed by atoms with E-state index in [1.54, 1.807) is 18.3 Å². The summed E-state index contributed by atoms with van der Waals surface area (Å²) in [6.45, 7) is 11.3. The number of rotatable bonds is 11. The van der Waals surface area contributed by atoms with E-state index in [9.17, 15) is 4.79 Å². The van der Waals surface area contributed by atoms with Gasteiger partial charge in [0.15, 0.2) is 0 Å². The van der Waals surface area contributed by atoms with Crippen LogP contribution in [-0.4, -0.2) is 23.5 Å². The SMILES string of the molecule is CCCCCCNC(CC(NC(C)=O)c1nc(C)cs1)C(C)C. The van der Waals surface area contributed by atoms with Gasteiger partial charge in [0.05, 0.1) is 6.04 Å². The van der Waals surface area contributed by atoms with Gasteiger partial charge >= 0.3 is 0 Å². The Bertz CT molecular complexity index is 459. The molecule has 23 heavy (non-hydrogen) atoms. The molecule has 1 amide bonds. The van der Waals surface area contributed by atoms with Crippen LogP contribution < -0.4 is 10.6 Å². The normalized spacial score (nSPS) is 14.0. The second-order valence-corrected chi connectivity index (χ2v) is 7.57. The zero-order valence-corrected chi connectivity index (χ0v) is 16.1. The summed E-state index contributed by atoms with van der Waals surface area (Å²) in [4.78, 5) is 16.1. The van der Waals surface area contributed by atoms with Gasteiger partial charge < -0.3 is 10.6 Å². The summed E-state index contributed by atoms with van der Waals surface area (Å²) in [5.74, 6) is 0.534. The Balaban J connectivity index is 2.62. The number of nitrogens with zero attached hydrogens (tertiary/aromatic N) is 1.